The lowest BCUT2D eigenvalue weighted by Gasteiger charge is -2.16. The first-order chi connectivity index (χ1) is 7.59. The molecule has 0 spiro atoms. The van der Waals surface area contributed by atoms with Crippen LogP contribution in [0.3, 0.4) is 0 Å². The van der Waals surface area contributed by atoms with Crippen molar-refractivity contribution in [1.29, 1.82) is 0 Å². The van der Waals surface area contributed by atoms with Gasteiger partial charge in [-0.15, -0.1) is 0 Å². The maximum atomic E-state index is 9.00. The Balaban J connectivity index is 1.99. The monoisotopic (exact) mass is 241 g/mol. The molecule has 1 aromatic carbocycles. The lowest BCUT2D eigenvalue weighted by Crippen LogP contribution is -2.23. The molecule has 0 aromatic heterocycles. The first-order valence-electron chi connectivity index (χ1n) is 5.43. The van der Waals surface area contributed by atoms with Crippen molar-refractivity contribution in [3.8, 4) is 0 Å². The fourth-order valence-corrected chi connectivity index (χ4v) is 2.46. The highest BCUT2D eigenvalue weighted by Crippen LogP contribution is 2.52. The molecule has 0 aliphatic heterocycles. The minimum atomic E-state index is 0.0104. The van der Waals surface area contributed by atoms with Crippen LogP contribution >= 0.6 is 11.6 Å². The smallest absolute Gasteiger partial charge is 0.0825 e. The van der Waals surface area contributed by atoms with Crippen molar-refractivity contribution in [2.75, 3.05) is 7.05 Å². The van der Waals surface area contributed by atoms with Crippen LogP contribution in [0.4, 0.5) is 0 Å². The Bertz CT molecular complexity index is 370. The summed E-state index contributed by atoms with van der Waals surface area (Å²) in [5, 5.41) is 10.6. The molecule has 1 aromatic rings. The molecule has 1 unspecified atom stereocenters. The Morgan fingerprint density at radius 3 is 2.81 bits per heavy atom. The van der Waals surface area contributed by atoms with Crippen molar-refractivity contribution in [2.24, 2.45) is 5.92 Å². The molecule has 1 aliphatic carbocycles. The Labute approximate surface area is 100 Å². The summed E-state index contributed by atoms with van der Waals surface area (Å²) in [6.45, 7) is 1.97. The number of benzene rings is 1. The van der Waals surface area contributed by atoms with Crippen LogP contribution in [-0.4, -0.2) is 23.6 Å². The van der Waals surface area contributed by atoms with E-state index < -0.39 is 0 Å². The summed E-state index contributed by atoms with van der Waals surface area (Å²) in [7, 11) is 1.48. The van der Waals surface area contributed by atoms with Gasteiger partial charge in [-0.1, -0.05) is 35.0 Å². The van der Waals surface area contributed by atoms with Crippen LogP contribution in [0.25, 0.3) is 0 Å². The van der Waals surface area contributed by atoms with E-state index in [9.17, 15) is 0 Å². The second-order valence-electron chi connectivity index (χ2n) is 4.30. The van der Waals surface area contributed by atoms with E-state index in [0.29, 0.717) is 11.8 Å². The lowest BCUT2D eigenvalue weighted by molar-refractivity contribution is -0.345. The highest BCUT2D eigenvalue weighted by molar-refractivity contribution is 6.31. The molecule has 1 fully saturated rings. The van der Waals surface area contributed by atoms with Gasteiger partial charge in [-0.05, 0) is 36.8 Å². The summed E-state index contributed by atoms with van der Waals surface area (Å²) in [4.78, 5) is 5.21. The molecule has 0 saturated heterocycles. The highest BCUT2D eigenvalue weighted by Gasteiger charge is 2.44. The van der Waals surface area contributed by atoms with Crippen LogP contribution in [0.2, 0.25) is 5.02 Å². The molecular formula is C12H16ClNO2. The molecule has 4 heteroatoms. The van der Waals surface area contributed by atoms with E-state index in [1.165, 1.54) is 12.6 Å². The van der Waals surface area contributed by atoms with Gasteiger partial charge in [-0.25, -0.2) is 0 Å². The fourth-order valence-electron chi connectivity index (χ4n) is 2.19. The van der Waals surface area contributed by atoms with E-state index in [0.717, 1.165) is 16.7 Å². The molecule has 2 rings (SSSR count). The van der Waals surface area contributed by atoms with E-state index >= 15 is 0 Å². The number of rotatable bonds is 4. The van der Waals surface area contributed by atoms with Gasteiger partial charge in [0.25, 0.3) is 0 Å². The van der Waals surface area contributed by atoms with Gasteiger partial charge in [-0.2, -0.15) is 0 Å². The van der Waals surface area contributed by atoms with Crippen LogP contribution in [0.5, 0.6) is 0 Å². The molecule has 3 nitrogen and oxygen atoms in total. The predicted molar refractivity (Wildman–Crippen MR) is 62.4 cm³/mol. The van der Waals surface area contributed by atoms with E-state index in [2.05, 4.69) is 6.07 Å². The Morgan fingerprint density at radius 1 is 1.50 bits per heavy atom. The standard InChI is InChI=1S/C12H16ClNO2/c1-8(16-14(2)15)10-7-11(10)9-5-3-4-6-12(9)13/h3-6,8,10-11,15H,7H2,1-2H3/t8?,10-,11-/m0/s1. The third kappa shape index (κ3) is 2.55. The van der Waals surface area contributed by atoms with E-state index in [-0.39, 0.29) is 6.10 Å². The predicted octanol–water partition coefficient (Wildman–Crippen LogP) is 3.08. The van der Waals surface area contributed by atoms with Crippen molar-refractivity contribution >= 4 is 11.6 Å². The van der Waals surface area contributed by atoms with Crippen LogP contribution in [-0.2, 0) is 4.84 Å². The number of hydroxylamine groups is 2. The highest BCUT2D eigenvalue weighted by atomic mass is 35.5. The van der Waals surface area contributed by atoms with E-state index in [1.807, 2.05) is 25.1 Å². The van der Waals surface area contributed by atoms with Crippen molar-refractivity contribution in [1.82, 2.24) is 5.23 Å². The van der Waals surface area contributed by atoms with Crippen LogP contribution in [0.15, 0.2) is 24.3 Å². The molecular weight excluding hydrogens is 226 g/mol. The van der Waals surface area contributed by atoms with Gasteiger partial charge in [0.2, 0.25) is 0 Å². The van der Waals surface area contributed by atoms with Crippen LogP contribution in [0, 0.1) is 5.92 Å². The first kappa shape index (κ1) is 11.9. The normalized spacial score (nSPS) is 25.8. The summed E-state index contributed by atoms with van der Waals surface area (Å²) >= 11 is 6.13. The SMILES string of the molecule is CC(ON(C)O)[C@@H]1C[C@H]1c1ccccc1Cl. The van der Waals surface area contributed by atoms with Gasteiger partial charge in [-0.3, -0.25) is 10.0 Å². The molecule has 0 radical (unpaired) electrons. The summed E-state index contributed by atoms with van der Waals surface area (Å²) in [6.07, 6.45) is 1.08. The van der Waals surface area contributed by atoms with Gasteiger partial charge in [0, 0.05) is 12.1 Å². The Hall–Kier alpha value is -0.610. The Kier molecular flexibility index (Phi) is 3.50. The van der Waals surface area contributed by atoms with Crippen LogP contribution in [0.1, 0.15) is 24.8 Å². The van der Waals surface area contributed by atoms with Gasteiger partial charge in [0.1, 0.15) is 0 Å². The number of hydrogen-bond acceptors (Lipinski definition) is 3. The molecule has 0 heterocycles. The third-order valence-corrected chi connectivity index (χ3v) is 3.41. The third-order valence-electron chi connectivity index (χ3n) is 3.07. The molecule has 1 N–H and O–H groups in total. The van der Waals surface area contributed by atoms with Crippen molar-refractivity contribution in [2.45, 2.75) is 25.4 Å². The molecule has 1 saturated carbocycles. The number of halogens is 1. The van der Waals surface area contributed by atoms with E-state index in [1.54, 1.807) is 0 Å². The molecule has 3 atom stereocenters. The largest absolute Gasteiger partial charge is 0.290 e. The number of nitrogens with zero attached hydrogens (tertiary/aromatic N) is 1. The molecule has 0 bridgehead atoms. The van der Waals surface area contributed by atoms with Gasteiger partial charge in [0.05, 0.1) is 6.10 Å². The summed E-state index contributed by atoms with van der Waals surface area (Å²) in [5.74, 6) is 0.901. The van der Waals surface area contributed by atoms with E-state index in [4.69, 9.17) is 21.6 Å². The second-order valence-corrected chi connectivity index (χ2v) is 4.71. The van der Waals surface area contributed by atoms with Gasteiger partial charge < -0.3 is 0 Å². The van der Waals surface area contributed by atoms with Crippen molar-refractivity contribution in [3.63, 3.8) is 0 Å². The minimum absolute atomic E-state index is 0.0104. The van der Waals surface area contributed by atoms with Crippen molar-refractivity contribution < 1.29 is 10.0 Å². The quantitative estimate of drug-likeness (QED) is 0.823. The number of hydrogen-bond donors (Lipinski definition) is 1. The molecule has 1 aliphatic rings. The summed E-state index contributed by atoms with van der Waals surface area (Å²) < 4.78 is 0. The minimum Gasteiger partial charge on any atom is -0.290 e. The van der Waals surface area contributed by atoms with Gasteiger partial charge >= 0.3 is 0 Å². The molecule has 16 heavy (non-hydrogen) atoms. The van der Waals surface area contributed by atoms with Crippen molar-refractivity contribution in [3.05, 3.63) is 34.9 Å². The topological polar surface area (TPSA) is 32.7 Å². The lowest BCUT2D eigenvalue weighted by atomic mass is 10.1. The summed E-state index contributed by atoms with van der Waals surface area (Å²) in [5.41, 5.74) is 1.19. The zero-order chi connectivity index (χ0) is 11.7. The Morgan fingerprint density at radius 2 is 2.19 bits per heavy atom. The maximum absolute atomic E-state index is 9.00. The summed E-state index contributed by atoms with van der Waals surface area (Å²) in [6, 6.07) is 7.91. The molecule has 0 amide bonds. The van der Waals surface area contributed by atoms with Gasteiger partial charge in [0.15, 0.2) is 0 Å². The maximum Gasteiger partial charge on any atom is 0.0825 e. The first-order valence-corrected chi connectivity index (χ1v) is 5.81. The average Bonchev–Trinajstić information content (AvgIpc) is 2.97. The zero-order valence-corrected chi connectivity index (χ0v) is 10.2. The average molecular weight is 242 g/mol. The fraction of sp³-hybridized carbons (Fsp3) is 0.500. The zero-order valence-electron chi connectivity index (χ0n) is 9.43. The van der Waals surface area contributed by atoms with Crippen LogP contribution < -0.4 is 0 Å². The molecule has 88 valence electrons. The second kappa shape index (κ2) is 4.72.